The van der Waals surface area contributed by atoms with E-state index < -0.39 is 23.1 Å². The van der Waals surface area contributed by atoms with Crippen molar-refractivity contribution in [2.75, 3.05) is 0 Å². The number of nitriles is 1. The van der Waals surface area contributed by atoms with Gasteiger partial charge in [-0.25, -0.2) is 4.39 Å². The van der Waals surface area contributed by atoms with Crippen molar-refractivity contribution < 1.29 is 17.6 Å². The molecule has 0 bridgehead atoms. The third-order valence-electron chi connectivity index (χ3n) is 1.68. The summed E-state index contributed by atoms with van der Waals surface area (Å²) in [7, 11) is 0. The quantitative estimate of drug-likeness (QED) is 0.520. The second-order valence-corrected chi connectivity index (χ2v) is 2.66. The zero-order valence-electron chi connectivity index (χ0n) is 7.35. The molecule has 1 nitrogen and oxygen atoms in total. The predicted octanol–water partition coefficient (Wildman–Crippen LogP) is 3.38. The number of rotatable bonds is 1. The van der Waals surface area contributed by atoms with Crippen molar-refractivity contribution >= 4 is 6.08 Å². The zero-order valence-corrected chi connectivity index (χ0v) is 7.35. The van der Waals surface area contributed by atoms with Gasteiger partial charge in [0.25, 0.3) is 0 Å². The van der Waals surface area contributed by atoms with E-state index in [9.17, 15) is 17.6 Å². The van der Waals surface area contributed by atoms with Crippen LogP contribution in [-0.4, -0.2) is 0 Å². The molecule has 0 aromatic heterocycles. The summed E-state index contributed by atoms with van der Waals surface area (Å²) in [6.07, 6.45) is -3.02. The topological polar surface area (TPSA) is 23.8 Å². The molecule has 5 heteroatoms. The molecule has 1 rings (SSSR count). The van der Waals surface area contributed by atoms with Crippen LogP contribution in [0.2, 0.25) is 0 Å². The molecule has 0 radical (unpaired) electrons. The van der Waals surface area contributed by atoms with Gasteiger partial charge in [-0.3, -0.25) is 0 Å². The first-order valence-electron chi connectivity index (χ1n) is 3.88. The maximum atomic E-state index is 13.0. The number of nitrogens with zero attached hydrogens (tertiary/aromatic N) is 1. The Morgan fingerprint density at radius 1 is 1.27 bits per heavy atom. The molecule has 0 aliphatic heterocycles. The van der Waals surface area contributed by atoms with Crippen molar-refractivity contribution in [3.8, 4) is 6.07 Å². The lowest BCUT2D eigenvalue weighted by molar-refractivity contribution is -0.137. The lowest BCUT2D eigenvalue weighted by atomic mass is 10.1. The van der Waals surface area contributed by atoms with Crippen molar-refractivity contribution in [1.82, 2.24) is 0 Å². The normalized spacial score (nSPS) is 11.7. The Morgan fingerprint density at radius 2 is 1.93 bits per heavy atom. The van der Waals surface area contributed by atoms with Crippen molar-refractivity contribution in [3.63, 3.8) is 0 Å². The fourth-order valence-electron chi connectivity index (χ4n) is 1.07. The summed E-state index contributed by atoms with van der Waals surface area (Å²) in [4.78, 5) is 0. The van der Waals surface area contributed by atoms with Crippen LogP contribution in [0.5, 0.6) is 0 Å². The van der Waals surface area contributed by atoms with Crippen LogP contribution in [0.25, 0.3) is 6.08 Å². The third-order valence-corrected chi connectivity index (χ3v) is 1.68. The van der Waals surface area contributed by atoms with Gasteiger partial charge >= 0.3 is 6.18 Å². The lowest BCUT2D eigenvalue weighted by Gasteiger charge is -2.10. The van der Waals surface area contributed by atoms with E-state index in [0.29, 0.717) is 0 Å². The van der Waals surface area contributed by atoms with Crippen molar-refractivity contribution in [2.45, 2.75) is 6.18 Å². The third kappa shape index (κ3) is 2.56. The van der Waals surface area contributed by atoms with Gasteiger partial charge in [0.1, 0.15) is 5.82 Å². The van der Waals surface area contributed by atoms with E-state index in [1.165, 1.54) is 6.07 Å². The molecule has 0 aliphatic carbocycles. The highest BCUT2D eigenvalue weighted by Crippen LogP contribution is 2.33. The van der Waals surface area contributed by atoms with Crippen LogP contribution in [0, 0.1) is 17.1 Å². The first-order valence-corrected chi connectivity index (χ1v) is 3.88. The molecule has 0 aliphatic rings. The van der Waals surface area contributed by atoms with Crippen LogP contribution >= 0.6 is 0 Å². The summed E-state index contributed by atoms with van der Waals surface area (Å²) in [5, 5.41) is 8.17. The fourth-order valence-corrected chi connectivity index (χ4v) is 1.07. The largest absolute Gasteiger partial charge is 0.417 e. The Hall–Kier alpha value is -1.83. The predicted molar refractivity (Wildman–Crippen MR) is 46.0 cm³/mol. The summed E-state index contributed by atoms with van der Waals surface area (Å²) in [6, 6.07) is 4.15. The van der Waals surface area contributed by atoms with Crippen molar-refractivity contribution in [1.29, 1.82) is 5.26 Å². The number of hydrogen-bond donors (Lipinski definition) is 0. The zero-order chi connectivity index (χ0) is 11.5. The molecule has 1 aromatic rings. The monoisotopic (exact) mass is 215 g/mol. The van der Waals surface area contributed by atoms with Gasteiger partial charge in [0.2, 0.25) is 0 Å². The standard InChI is InChI=1S/C10H5F4N/c11-9-5-1-4-8(10(12,13)14)7(9)3-2-6-15/h1-5H. The van der Waals surface area contributed by atoms with Gasteiger partial charge in [0, 0.05) is 11.6 Å². The first-order chi connectivity index (χ1) is 6.96. The van der Waals surface area contributed by atoms with Crippen LogP contribution in [0.3, 0.4) is 0 Å². The molecule has 0 heterocycles. The van der Waals surface area contributed by atoms with Crippen LogP contribution < -0.4 is 0 Å². The Labute approximate surface area is 83.3 Å². The van der Waals surface area contributed by atoms with Gasteiger partial charge in [0.05, 0.1) is 11.6 Å². The van der Waals surface area contributed by atoms with Crippen LogP contribution in [0.4, 0.5) is 17.6 Å². The summed E-state index contributed by atoms with van der Waals surface area (Å²) >= 11 is 0. The smallest absolute Gasteiger partial charge is 0.206 e. The minimum absolute atomic E-state index is 0.619. The van der Waals surface area contributed by atoms with Crippen LogP contribution in [0.15, 0.2) is 24.3 Å². The molecular formula is C10H5F4N. The molecule has 15 heavy (non-hydrogen) atoms. The molecule has 0 fully saturated rings. The Morgan fingerprint density at radius 3 is 2.47 bits per heavy atom. The molecule has 0 amide bonds. The number of allylic oxidation sites excluding steroid dienone is 1. The maximum absolute atomic E-state index is 13.0. The van der Waals surface area contributed by atoms with E-state index >= 15 is 0 Å². The van der Waals surface area contributed by atoms with Gasteiger partial charge in [-0.15, -0.1) is 0 Å². The molecule has 0 unspecified atom stereocenters. The van der Waals surface area contributed by atoms with Crippen molar-refractivity contribution in [3.05, 3.63) is 41.2 Å². The summed E-state index contributed by atoms with van der Waals surface area (Å²) in [5.74, 6) is -1.00. The van der Waals surface area contributed by atoms with Gasteiger partial charge in [0.15, 0.2) is 0 Å². The minimum Gasteiger partial charge on any atom is -0.206 e. The van der Waals surface area contributed by atoms with E-state index in [-0.39, 0.29) is 0 Å². The van der Waals surface area contributed by atoms with E-state index in [2.05, 4.69) is 0 Å². The van der Waals surface area contributed by atoms with Crippen LogP contribution in [-0.2, 0) is 6.18 Å². The SMILES string of the molecule is N#CC=Cc1c(F)cccc1C(F)(F)F. The van der Waals surface area contributed by atoms with Crippen molar-refractivity contribution in [2.24, 2.45) is 0 Å². The number of halogens is 4. The molecule has 1 aromatic carbocycles. The molecule has 0 saturated heterocycles. The molecule has 78 valence electrons. The highest BCUT2D eigenvalue weighted by atomic mass is 19.4. The average Bonchev–Trinajstić information content (AvgIpc) is 2.14. The minimum atomic E-state index is -4.63. The maximum Gasteiger partial charge on any atom is 0.417 e. The summed E-state index contributed by atoms with van der Waals surface area (Å²) in [5.41, 5.74) is -1.71. The Bertz CT molecular complexity index is 426. The molecular weight excluding hydrogens is 210 g/mol. The summed E-state index contributed by atoms with van der Waals surface area (Å²) in [6.45, 7) is 0. The fraction of sp³-hybridized carbons (Fsp3) is 0.100. The summed E-state index contributed by atoms with van der Waals surface area (Å²) < 4.78 is 50.2. The van der Waals surface area contributed by atoms with Crippen LogP contribution in [0.1, 0.15) is 11.1 Å². The highest BCUT2D eigenvalue weighted by Gasteiger charge is 2.33. The molecule has 0 saturated carbocycles. The van der Waals surface area contributed by atoms with Gasteiger partial charge in [-0.1, -0.05) is 6.07 Å². The number of alkyl halides is 3. The Balaban J connectivity index is 3.35. The second kappa shape index (κ2) is 4.13. The van der Waals surface area contributed by atoms with Gasteiger partial charge in [-0.2, -0.15) is 18.4 Å². The second-order valence-electron chi connectivity index (χ2n) is 2.66. The van der Waals surface area contributed by atoms with E-state index in [1.807, 2.05) is 0 Å². The molecule has 0 atom stereocenters. The van der Waals surface area contributed by atoms with E-state index in [1.54, 1.807) is 0 Å². The number of hydrogen-bond acceptors (Lipinski definition) is 1. The van der Waals surface area contributed by atoms with Gasteiger partial charge in [-0.05, 0) is 18.2 Å². The lowest BCUT2D eigenvalue weighted by Crippen LogP contribution is -2.08. The average molecular weight is 215 g/mol. The Kier molecular flexibility index (Phi) is 3.10. The first kappa shape index (κ1) is 11.2. The highest BCUT2D eigenvalue weighted by molar-refractivity contribution is 5.57. The van der Waals surface area contributed by atoms with E-state index in [4.69, 9.17) is 5.26 Å². The molecule has 0 N–H and O–H groups in total. The number of benzene rings is 1. The molecule has 0 spiro atoms. The van der Waals surface area contributed by atoms with Gasteiger partial charge < -0.3 is 0 Å². The van der Waals surface area contributed by atoms with E-state index in [0.717, 1.165) is 30.4 Å².